The monoisotopic (exact) mass is 216 g/mol. The Balaban J connectivity index is 2.68. The van der Waals surface area contributed by atoms with Crippen LogP contribution in [0.25, 0.3) is 0 Å². The molecular weight excluding hydrogens is 196 g/mol. The molecule has 0 heterocycles. The summed E-state index contributed by atoms with van der Waals surface area (Å²) in [5.41, 5.74) is 6.90. The highest BCUT2D eigenvalue weighted by Crippen LogP contribution is 2.09. The lowest BCUT2D eigenvalue weighted by Gasteiger charge is -2.27. The molecule has 86 valence electrons. The van der Waals surface area contributed by atoms with Crippen molar-refractivity contribution in [3.8, 4) is 12.3 Å². The maximum absolute atomic E-state index is 5.62. The van der Waals surface area contributed by atoms with Crippen molar-refractivity contribution < 1.29 is 0 Å². The fourth-order valence-corrected chi connectivity index (χ4v) is 1.81. The summed E-state index contributed by atoms with van der Waals surface area (Å²) in [5, 5.41) is 0. The van der Waals surface area contributed by atoms with Gasteiger partial charge in [-0.3, -0.25) is 4.90 Å². The second kappa shape index (κ2) is 7.05. The van der Waals surface area contributed by atoms with Crippen LogP contribution in [0.15, 0.2) is 30.3 Å². The fourth-order valence-electron chi connectivity index (χ4n) is 1.81. The summed E-state index contributed by atoms with van der Waals surface area (Å²) in [6, 6.07) is 10.5. The Bertz CT molecular complexity index is 326. The zero-order chi connectivity index (χ0) is 11.8. The van der Waals surface area contributed by atoms with Crippen molar-refractivity contribution in [3.63, 3.8) is 0 Å². The molecule has 1 rings (SSSR count). The molecule has 0 aliphatic carbocycles. The summed E-state index contributed by atoms with van der Waals surface area (Å²) in [6.45, 7) is 4.47. The van der Waals surface area contributed by atoms with E-state index >= 15 is 0 Å². The molecule has 0 spiro atoms. The minimum absolute atomic E-state index is 0.184. The number of nitrogens with zero attached hydrogens (tertiary/aromatic N) is 1. The van der Waals surface area contributed by atoms with Crippen molar-refractivity contribution in [2.45, 2.75) is 25.9 Å². The molecule has 2 nitrogen and oxygen atoms in total. The first-order chi connectivity index (χ1) is 7.81. The van der Waals surface area contributed by atoms with Crippen LogP contribution in [0.4, 0.5) is 0 Å². The molecule has 2 heteroatoms. The summed E-state index contributed by atoms with van der Waals surface area (Å²) >= 11 is 0. The van der Waals surface area contributed by atoms with Crippen LogP contribution in [-0.2, 0) is 6.54 Å². The summed E-state index contributed by atoms with van der Waals surface area (Å²) in [4.78, 5) is 2.26. The molecule has 2 N–H and O–H groups in total. The van der Waals surface area contributed by atoms with E-state index in [9.17, 15) is 0 Å². The molecule has 16 heavy (non-hydrogen) atoms. The van der Waals surface area contributed by atoms with Crippen molar-refractivity contribution >= 4 is 0 Å². The molecular formula is C14H20N2. The van der Waals surface area contributed by atoms with E-state index in [4.69, 9.17) is 12.2 Å². The largest absolute Gasteiger partial charge is 0.329 e. The first-order valence-electron chi connectivity index (χ1n) is 5.76. The van der Waals surface area contributed by atoms with Crippen molar-refractivity contribution in [2.75, 3.05) is 13.1 Å². The highest BCUT2D eigenvalue weighted by atomic mass is 15.2. The van der Waals surface area contributed by atoms with Crippen LogP contribution in [0, 0.1) is 12.3 Å². The molecule has 1 unspecified atom stereocenters. The molecule has 1 aromatic rings. The number of hydrogen-bond acceptors (Lipinski definition) is 2. The van der Waals surface area contributed by atoms with E-state index in [1.165, 1.54) is 5.56 Å². The van der Waals surface area contributed by atoms with Gasteiger partial charge in [-0.15, -0.1) is 6.42 Å². The normalized spacial score (nSPS) is 12.4. The number of hydrogen-bond donors (Lipinski definition) is 1. The highest BCUT2D eigenvalue weighted by Gasteiger charge is 2.13. The van der Waals surface area contributed by atoms with Crippen LogP contribution in [0.3, 0.4) is 0 Å². The number of rotatable bonds is 6. The number of benzene rings is 1. The molecule has 0 aromatic heterocycles. The molecule has 0 bridgehead atoms. The van der Waals surface area contributed by atoms with E-state index < -0.39 is 0 Å². The van der Waals surface area contributed by atoms with Gasteiger partial charge in [-0.05, 0) is 12.0 Å². The molecule has 0 amide bonds. The maximum atomic E-state index is 5.62. The molecule has 0 saturated carbocycles. The lowest BCUT2D eigenvalue weighted by Crippen LogP contribution is -2.37. The van der Waals surface area contributed by atoms with Crippen molar-refractivity contribution in [1.29, 1.82) is 0 Å². The molecule has 0 saturated heterocycles. The third kappa shape index (κ3) is 3.69. The quantitative estimate of drug-likeness (QED) is 0.735. The molecule has 0 fully saturated rings. The maximum Gasteiger partial charge on any atom is 0.0712 e. The lowest BCUT2D eigenvalue weighted by molar-refractivity contribution is 0.228. The minimum atomic E-state index is 0.184. The van der Waals surface area contributed by atoms with Crippen LogP contribution >= 0.6 is 0 Å². The fraction of sp³-hybridized carbons (Fsp3) is 0.429. The standard InChI is InChI=1S/C14H20N2/c1-3-14(4-2)16(11-10-15)12-13-8-6-5-7-9-13/h1,5-9,14H,4,10-12,15H2,2H3. The summed E-state index contributed by atoms with van der Waals surface area (Å²) in [5.74, 6) is 2.83. The Morgan fingerprint density at radius 3 is 2.56 bits per heavy atom. The first-order valence-corrected chi connectivity index (χ1v) is 5.76. The van der Waals surface area contributed by atoms with Crippen molar-refractivity contribution in [2.24, 2.45) is 5.73 Å². The average Bonchev–Trinajstić information content (AvgIpc) is 2.32. The van der Waals surface area contributed by atoms with Gasteiger partial charge in [0.1, 0.15) is 0 Å². The Labute approximate surface area is 98.4 Å². The second-order valence-electron chi connectivity index (χ2n) is 3.84. The smallest absolute Gasteiger partial charge is 0.0712 e. The van der Waals surface area contributed by atoms with Crippen LogP contribution in [0.1, 0.15) is 18.9 Å². The van der Waals surface area contributed by atoms with Crippen LogP contribution in [-0.4, -0.2) is 24.0 Å². The van der Waals surface area contributed by atoms with E-state index in [2.05, 4.69) is 29.9 Å². The predicted molar refractivity (Wildman–Crippen MR) is 68.8 cm³/mol. The van der Waals surface area contributed by atoms with Gasteiger partial charge in [-0.25, -0.2) is 0 Å². The Morgan fingerprint density at radius 2 is 2.06 bits per heavy atom. The first kappa shape index (κ1) is 12.8. The van der Waals surface area contributed by atoms with Crippen molar-refractivity contribution in [1.82, 2.24) is 4.90 Å². The van der Waals surface area contributed by atoms with Gasteiger partial charge in [-0.2, -0.15) is 0 Å². The van der Waals surface area contributed by atoms with Crippen molar-refractivity contribution in [3.05, 3.63) is 35.9 Å². The Hall–Kier alpha value is -1.30. The molecule has 0 radical (unpaired) electrons. The predicted octanol–water partition coefficient (Wildman–Crippen LogP) is 1.86. The van der Waals surface area contributed by atoms with E-state index in [1.54, 1.807) is 0 Å². The van der Waals surface area contributed by atoms with E-state index in [-0.39, 0.29) is 6.04 Å². The van der Waals surface area contributed by atoms with Gasteiger partial charge >= 0.3 is 0 Å². The summed E-state index contributed by atoms with van der Waals surface area (Å²) < 4.78 is 0. The van der Waals surface area contributed by atoms with Gasteiger partial charge in [0.05, 0.1) is 6.04 Å². The topological polar surface area (TPSA) is 29.3 Å². The van der Waals surface area contributed by atoms with E-state index in [1.807, 2.05) is 18.2 Å². The lowest BCUT2D eigenvalue weighted by atomic mass is 10.1. The highest BCUT2D eigenvalue weighted by molar-refractivity contribution is 5.15. The van der Waals surface area contributed by atoms with Gasteiger partial charge in [0, 0.05) is 19.6 Å². The molecule has 0 aliphatic rings. The SMILES string of the molecule is C#CC(CC)N(CCN)Cc1ccccc1. The summed E-state index contributed by atoms with van der Waals surface area (Å²) in [7, 11) is 0. The van der Waals surface area contributed by atoms with E-state index in [0.29, 0.717) is 6.54 Å². The number of nitrogens with two attached hydrogens (primary N) is 1. The molecule has 1 aromatic carbocycles. The zero-order valence-electron chi connectivity index (χ0n) is 9.89. The number of terminal acetylenes is 1. The Morgan fingerprint density at radius 1 is 1.38 bits per heavy atom. The Kier molecular flexibility index (Phi) is 5.63. The molecule has 1 atom stereocenters. The second-order valence-corrected chi connectivity index (χ2v) is 3.84. The molecule has 0 aliphatic heterocycles. The van der Waals surface area contributed by atoms with Gasteiger partial charge < -0.3 is 5.73 Å². The van der Waals surface area contributed by atoms with Gasteiger partial charge in [-0.1, -0.05) is 43.2 Å². The van der Waals surface area contributed by atoms with Crippen LogP contribution < -0.4 is 5.73 Å². The zero-order valence-corrected chi connectivity index (χ0v) is 9.89. The van der Waals surface area contributed by atoms with Gasteiger partial charge in [0.25, 0.3) is 0 Å². The van der Waals surface area contributed by atoms with Crippen LogP contribution in [0.5, 0.6) is 0 Å². The third-order valence-corrected chi connectivity index (χ3v) is 2.66. The minimum Gasteiger partial charge on any atom is -0.329 e. The van der Waals surface area contributed by atoms with Gasteiger partial charge in [0.15, 0.2) is 0 Å². The van der Waals surface area contributed by atoms with Crippen LogP contribution in [0.2, 0.25) is 0 Å². The van der Waals surface area contributed by atoms with Gasteiger partial charge in [0.2, 0.25) is 0 Å². The van der Waals surface area contributed by atoms with E-state index in [0.717, 1.165) is 19.5 Å². The third-order valence-electron chi connectivity index (χ3n) is 2.66. The summed E-state index contributed by atoms with van der Waals surface area (Å²) in [6.07, 6.45) is 6.50. The average molecular weight is 216 g/mol.